The molecule has 1 aliphatic rings. The van der Waals surface area contributed by atoms with Gasteiger partial charge in [0, 0.05) is 11.9 Å². The van der Waals surface area contributed by atoms with E-state index in [2.05, 4.69) is 18.1 Å². The second kappa shape index (κ2) is 6.15. The Labute approximate surface area is 91.2 Å². The standard InChI is InChI=1S/C10H20ClNS/c1-9-4-6-12(8-10(9)11)5-3-7-13-2/h9-10H,3-8H2,1-2H3. The largest absolute Gasteiger partial charge is 0.302 e. The predicted octanol–water partition coefficient (Wildman–Crippen LogP) is 2.69. The highest BCUT2D eigenvalue weighted by molar-refractivity contribution is 7.98. The van der Waals surface area contributed by atoms with Crippen LogP contribution in [0.4, 0.5) is 0 Å². The first-order valence-electron chi connectivity index (χ1n) is 5.09. The lowest BCUT2D eigenvalue weighted by Gasteiger charge is -2.33. The van der Waals surface area contributed by atoms with Crippen molar-refractivity contribution >= 4 is 23.4 Å². The molecule has 13 heavy (non-hydrogen) atoms. The Morgan fingerprint density at radius 3 is 2.92 bits per heavy atom. The van der Waals surface area contributed by atoms with Gasteiger partial charge in [-0.2, -0.15) is 11.8 Å². The monoisotopic (exact) mass is 221 g/mol. The Bertz CT molecular complexity index is 143. The fourth-order valence-electron chi connectivity index (χ4n) is 1.72. The minimum atomic E-state index is 0.378. The molecule has 0 aromatic rings. The van der Waals surface area contributed by atoms with Gasteiger partial charge in [0.05, 0.1) is 0 Å². The van der Waals surface area contributed by atoms with Crippen LogP contribution in [-0.2, 0) is 0 Å². The van der Waals surface area contributed by atoms with Crippen LogP contribution < -0.4 is 0 Å². The minimum Gasteiger partial charge on any atom is -0.302 e. The highest BCUT2D eigenvalue weighted by Gasteiger charge is 2.23. The molecule has 1 rings (SSSR count). The molecule has 3 heteroatoms. The van der Waals surface area contributed by atoms with Crippen LogP contribution in [0, 0.1) is 5.92 Å². The first-order chi connectivity index (χ1) is 6.24. The highest BCUT2D eigenvalue weighted by Crippen LogP contribution is 2.21. The average Bonchev–Trinajstić information content (AvgIpc) is 2.12. The van der Waals surface area contributed by atoms with Gasteiger partial charge in [0.1, 0.15) is 0 Å². The smallest absolute Gasteiger partial charge is 0.0489 e. The number of rotatable bonds is 4. The van der Waals surface area contributed by atoms with Gasteiger partial charge >= 0.3 is 0 Å². The number of piperidine rings is 1. The van der Waals surface area contributed by atoms with Crippen molar-refractivity contribution in [1.82, 2.24) is 4.90 Å². The fraction of sp³-hybridized carbons (Fsp3) is 1.00. The van der Waals surface area contributed by atoms with E-state index in [9.17, 15) is 0 Å². The molecule has 1 saturated heterocycles. The van der Waals surface area contributed by atoms with Crippen molar-refractivity contribution in [2.45, 2.75) is 25.1 Å². The third-order valence-corrected chi connectivity index (χ3v) is 4.04. The van der Waals surface area contributed by atoms with E-state index in [0.29, 0.717) is 11.3 Å². The zero-order valence-corrected chi connectivity index (χ0v) is 10.2. The Hall–Kier alpha value is 0.600. The van der Waals surface area contributed by atoms with E-state index in [-0.39, 0.29) is 0 Å². The summed E-state index contributed by atoms with van der Waals surface area (Å²) in [6.07, 6.45) is 4.75. The Morgan fingerprint density at radius 1 is 1.54 bits per heavy atom. The van der Waals surface area contributed by atoms with Crippen LogP contribution >= 0.6 is 23.4 Å². The molecule has 0 bridgehead atoms. The topological polar surface area (TPSA) is 3.24 Å². The number of hydrogen-bond acceptors (Lipinski definition) is 2. The van der Waals surface area contributed by atoms with Crippen LogP contribution in [0.2, 0.25) is 0 Å². The van der Waals surface area contributed by atoms with Crippen molar-refractivity contribution in [3.63, 3.8) is 0 Å². The molecule has 0 saturated carbocycles. The van der Waals surface area contributed by atoms with Gasteiger partial charge in [-0.3, -0.25) is 0 Å². The van der Waals surface area contributed by atoms with Crippen molar-refractivity contribution in [3.05, 3.63) is 0 Å². The van der Waals surface area contributed by atoms with Crippen LogP contribution in [0.25, 0.3) is 0 Å². The van der Waals surface area contributed by atoms with E-state index in [1.165, 1.54) is 31.7 Å². The molecule has 2 atom stereocenters. The molecule has 78 valence electrons. The number of thioether (sulfide) groups is 1. The molecule has 2 unspecified atom stereocenters. The van der Waals surface area contributed by atoms with E-state index in [4.69, 9.17) is 11.6 Å². The predicted molar refractivity (Wildman–Crippen MR) is 62.9 cm³/mol. The summed E-state index contributed by atoms with van der Waals surface area (Å²) in [5, 5.41) is 0.378. The Kier molecular flexibility index (Phi) is 5.52. The average molecular weight is 222 g/mol. The summed E-state index contributed by atoms with van der Waals surface area (Å²) in [4.78, 5) is 2.51. The van der Waals surface area contributed by atoms with Gasteiger partial charge in [0.25, 0.3) is 0 Å². The molecule has 0 spiro atoms. The Morgan fingerprint density at radius 2 is 2.31 bits per heavy atom. The van der Waals surface area contributed by atoms with Crippen LogP contribution in [0.3, 0.4) is 0 Å². The number of alkyl halides is 1. The van der Waals surface area contributed by atoms with Gasteiger partial charge in [-0.15, -0.1) is 11.6 Å². The molecule has 1 aliphatic heterocycles. The summed E-state index contributed by atoms with van der Waals surface area (Å²) >= 11 is 8.16. The molecular weight excluding hydrogens is 202 g/mol. The second-order valence-electron chi connectivity index (χ2n) is 3.93. The van der Waals surface area contributed by atoms with Crippen molar-refractivity contribution in [2.24, 2.45) is 5.92 Å². The van der Waals surface area contributed by atoms with Crippen molar-refractivity contribution in [2.75, 3.05) is 31.6 Å². The number of hydrogen-bond donors (Lipinski definition) is 0. The third kappa shape index (κ3) is 4.09. The Balaban J connectivity index is 2.14. The first-order valence-corrected chi connectivity index (χ1v) is 6.92. The number of likely N-dealkylation sites (tertiary alicyclic amines) is 1. The lowest BCUT2D eigenvalue weighted by atomic mass is 9.98. The second-order valence-corrected chi connectivity index (χ2v) is 5.48. The van der Waals surface area contributed by atoms with Gasteiger partial charge in [0.15, 0.2) is 0 Å². The molecule has 0 aromatic carbocycles. The third-order valence-electron chi connectivity index (χ3n) is 2.77. The van der Waals surface area contributed by atoms with E-state index in [1.54, 1.807) is 0 Å². The van der Waals surface area contributed by atoms with E-state index >= 15 is 0 Å². The minimum absolute atomic E-state index is 0.378. The zero-order chi connectivity index (χ0) is 9.68. The SMILES string of the molecule is CSCCCN1CCC(C)C(Cl)C1. The molecule has 1 fully saturated rings. The molecule has 1 heterocycles. The summed E-state index contributed by atoms with van der Waals surface area (Å²) in [6.45, 7) is 5.84. The normalized spacial score (nSPS) is 30.7. The molecule has 0 aliphatic carbocycles. The zero-order valence-electron chi connectivity index (χ0n) is 8.63. The first kappa shape index (κ1) is 11.7. The van der Waals surface area contributed by atoms with E-state index in [0.717, 1.165) is 6.54 Å². The van der Waals surface area contributed by atoms with Gasteiger partial charge in [-0.1, -0.05) is 6.92 Å². The maximum absolute atomic E-state index is 6.23. The fourth-order valence-corrected chi connectivity index (χ4v) is 2.46. The number of nitrogens with zero attached hydrogens (tertiary/aromatic N) is 1. The van der Waals surface area contributed by atoms with Gasteiger partial charge in [0.2, 0.25) is 0 Å². The van der Waals surface area contributed by atoms with Crippen LogP contribution in [0.15, 0.2) is 0 Å². The lowest BCUT2D eigenvalue weighted by molar-refractivity contribution is 0.197. The molecule has 0 radical (unpaired) electrons. The van der Waals surface area contributed by atoms with Crippen LogP contribution in [-0.4, -0.2) is 41.9 Å². The van der Waals surface area contributed by atoms with Crippen molar-refractivity contribution in [3.8, 4) is 0 Å². The molecule has 0 aromatic heterocycles. The van der Waals surface area contributed by atoms with E-state index < -0.39 is 0 Å². The van der Waals surface area contributed by atoms with Gasteiger partial charge in [-0.25, -0.2) is 0 Å². The molecule has 1 nitrogen and oxygen atoms in total. The molecule has 0 N–H and O–H groups in total. The maximum Gasteiger partial charge on any atom is 0.0489 e. The van der Waals surface area contributed by atoms with Crippen LogP contribution in [0.1, 0.15) is 19.8 Å². The van der Waals surface area contributed by atoms with Gasteiger partial charge in [-0.05, 0) is 43.9 Å². The maximum atomic E-state index is 6.23. The summed E-state index contributed by atoms with van der Waals surface area (Å²) in [5.41, 5.74) is 0. The molecule has 0 amide bonds. The molecular formula is C10H20ClNS. The quantitative estimate of drug-likeness (QED) is 0.531. The van der Waals surface area contributed by atoms with Crippen LogP contribution in [0.5, 0.6) is 0 Å². The van der Waals surface area contributed by atoms with Gasteiger partial charge < -0.3 is 4.90 Å². The lowest BCUT2D eigenvalue weighted by Crippen LogP contribution is -2.40. The summed E-state index contributed by atoms with van der Waals surface area (Å²) in [5.74, 6) is 1.98. The summed E-state index contributed by atoms with van der Waals surface area (Å²) in [6, 6.07) is 0. The van der Waals surface area contributed by atoms with Crippen molar-refractivity contribution in [1.29, 1.82) is 0 Å². The number of halogens is 1. The highest BCUT2D eigenvalue weighted by atomic mass is 35.5. The summed E-state index contributed by atoms with van der Waals surface area (Å²) < 4.78 is 0. The van der Waals surface area contributed by atoms with E-state index in [1.807, 2.05) is 11.8 Å². The van der Waals surface area contributed by atoms with Crippen molar-refractivity contribution < 1.29 is 0 Å². The summed E-state index contributed by atoms with van der Waals surface area (Å²) in [7, 11) is 0.